The van der Waals surface area contributed by atoms with Gasteiger partial charge in [0.05, 0.1) is 13.7 Å². The largest absolute Gasteiger partial charge is 0.496 e. The van der Waals surface area contributed by atoms with E-state index in [1.807, 2.05) is 18.2 Å². The predicted octanol–water partition coefficient (Wildman–Crippen LogP) is 3.11. The molecule has 0 aliphatic rings. The maximum Gasteiger partial charge on any atom is 0.126 e. The van der Waals surface area contributed by atoms with Gasteiger partial charge < -0.3 is 9.57 Å². The van der Waals surface area contributed by atoms with Gasteiger partial charge in [-0.3, -0.25) is 0 Å². The molecule has 0 saturated carbocycles. The molecule has 17 heavy (non-hydrogen) atoms. The molecule has 0 bridgehead atoms. The number of hydrogen-bond donors (Lipinski definition) is 1. The molecule has 1 aromatic carbocycles. The molecular formula is C14H21NO2. The minimum Gasteiger partial charge on any atom is -0.496 e. The van der Waals surface area contributed by atoms with Gasteiger partial charge in [0.2, 0.25) is 0 Å². The maximum absolute atomic E-state index is 5.33. The second-order valence-corrected chi connectivity index (χ2v) is 4.22. The van der Waals surface area contributed by atoms with E-state index in [1.54, 1.807) is 7.11 Å². The molecule has 1 aromatic rings. The molecule has 2 N–H and O–H groups in total. The van der Waals surface area contributed by atoms with E-state index in [0.717, 1.165) is 17.7 Å². The third-order valence-electron chi connectivity index (χ3n) is 2.62. The fourth-order valence-corrected chi connectivity index (χ4v) is 1.59. The monoisotopic (exact) mass is 235 g/mol. The van der Waals surface area contributed by atoms with E-state index >= 15 is 0 Å². The summed E-state index contributed by atoms with van der Waals surface area (Å²) in [5, 5.41) is 0. The number of benzene rings is 1. The molecule has 0 aliphatic heterocycles. The highest BCUT2D eigenvalue weighted by Crippen LogP contribution is 2.25. The standard InChI is InChI=1S/C14H21NO2/c1-11(2)12-7-8-14(16-3)13(10-12)6-4-5-9-17-15/h4,6-8,10-11H,5,9,15H2,1-3H3/b6-4+. The average molecular weight is 235 g/mol. The van der Waals surface area contributed by atoms with Gasteiger partial charge in [-0.15, -0.1) is 0 Å². The summed E-state index contributed by atoms with van der Waals surface area (Å²) in [6.07, 6.45) is 4.88. The summed E-state index contributed by atoms with van der Waals surface area (Å²) >= 11 is 0. The number of rotatable bonds is 6. The summed E-state index contributed by atoms with van der Waals surface area (Å²) < 4.78 is 5.33. The van der Waals surface area contributed by atoms with E-state index in [4.69, 9.17) is 10.6 Å². The van der Waals surface area contributed by atoms with Gasteiger partial charge in [0.15, 0.2) is 0 Å². The summed E-state index contributed by atoms with van der Waals surface area (Å²) in [5.41, 5.74) is 2.40. The molecule has 3 heteroatoms. The summed E-state index contributed by atoms with van der Waals surface area (Å²) in [6, 6.07) is 6.27. The van der Waals surface area contributed by atoms with Crippen molar-refractivity contribution in [2.24, 2.45) is 5.90 Å². The van der Waals surface area contributed by atoms with Crippen LogP contribution in [0, 0.1) is 0 Å². The molecule has 0 atom stereocenters. The summed E-state index contributed by atoms with van der Waals surface area (Å²) in [4.78, 5) is 4.52. The lowest BCUT2D eigenvalue weighted by Gasteiger charge is -2.10. The lowest BCUT2D eigenvalue weighted by atomic mass is 10.00. The van der Waals surface area contributed by atoms with Crippen molar-refractivity contribution in [1.29, 1.82) is 0 Å². The van der Waals surface area contributed by atoms with Gasteiger partial charge in [0.25, 0.3) is 0 Å². The highest BCUT2D eigenvalue weighted by atomic mass is 16.6. The molecular weight excluding hydrogens is 214 g/mol. The van der Waals surface area contributed by atoms with Crippen LogP contribution in [0.15, 0.2) is 24.3 Å². The summed E-state index contributed by atoms with van der Waals surface area (Å²) in [7, 11) is 1.69. The van der Waals surface area contributed by atoms with Crippen molar-refractivity contribution in [3.05, 3.63) is 35.4 Å². The van der Waals surface area contributed by atoms with E-state index in [0.29, 0.717) is 12.5 Å². The first-order valence-corrected chi connectivity index (χ1v) is 5.85. The van der Waals surface area contributed by atoms with Crippen LogP contribution in [0.25, 0.3) is 6.08 Å². The SMILES string of the molecule is COc1ccc(C(C)C)cc1/C=C/CCON. The van der Waals surface area contributed by atoms with Crippen LogP contribution in [-0.2, 0) is 4.84 Å². The van der Waals surface area contributed by atoms with Crippen molar-refractivity contribution in [3.8, 4) is 5.75 Å². The van der Waals surface area contributed by atoms with Crippen molar-refractivity contribution in [1.82, 2.24) is 0 Å². The van der Waals surface area contributed by atoms with Crippen LogP contribution in [0.4, 0.5) is 0 Å². The van der Waals surface area contributed by atoms with Crippen molar-refractivity contribution in [2.75, 3.05) is 13.7 Å². The Labute approximate surface area is 103 Å². The van der Waals surface area contributed by atoms with Gasteiger partial charge >= 0.3 is 0 Å². The fraction of sp³-hybridized carbons (Fsp3) is 0.429. The Balaban J connectivity index is 2.86. The third kappa shape index (κ3) is 4.21. The normalized spacial score (nSPS) is 11.4. The Morgan fingerprint density at radius 1 is 1.35 bits per heavy atom. The van der Waals surface area contributed by atoms with Crippen LogP contribution >= 0.6 is 0 Å². The first-order valence-electron chi connectivity index (χ1n) is 5.85. The first-order chi connectivity index (χ1) is 8.19. The molecule has 0 spiro atoms. The molecule has 1 rings (SSSR count). The lowest BCUT2D eigenvalue weighted by Crippen LogP contribution is -1.98. The number of nitrogens with two attached hydrogens (primary N) is 1. The highest BCUT2D eigenvalue weighted by molar-refractivity contribution is 5.58. The molecule has 3 nitrogen and oxygen atoms in total. The van der Waals surface area contributed by atoms with Crippen molar-refractivity contribution in [2.45, 2.75) is 26.2 Å². The van der Waals surface area contributed by atoms with Crippen LogP contribution in [0.1, 0.15) is 37.3 Å². The van der Waals surface area contributed by atoms with Crippen LogP contribution in [0.5, 0.6) is 5.75 Å². The molecule has 0 saturated heterocycles. The summed E-state index contributed by atoms with van der Waals surface area (Å²) in [5.74, 6) is 6.37. The zero-order valence-corrected chi connectivity index (χ0v) is 10.8. The van der Waals surface area contributed by atoms with Gasteiger partial charge in [-0.2, -0.15) is 0 Å². The lowest BCUT2D eigenvalue weighted by molar-refractivity contribution is 0.143. The van der Waals surface area contributed by atoms with E-state index in [9.17, 15) is 0 Å². The Hall–Kier alpha value is -1.32. The zero-order valence-electron chi connectivity index (χ0n) is 10.8. The molecule has 0 heterocycles. The van der Waals surface area contributed by atoms with Crippen LogP contribution < -0.4 is 10.6 Å². The Kier molecular flexibility index (Phi) is 5.73. The minimum atomic E-state index is 0.514. The molecule has 0 radical (unpaired) electrons. The molecule has 0 unspecified atom stereocenters. The molecule has 0 fully saturated rings. The zero-order chi connectivity index (χ0) is 12.7. The van der Waals surface area contributed by atoms with Gasteiger partial charge in [0.1, 0.15) is 5.75 Å². The van der Waals surface area contributed by atoms with Crippen molar-refractivity contribution in [3.63, 3.8) is 0 Å². The topological polar surface area (TPSA) is 44.5 Å². The van der Waals surface area contributed by atoms with Crippen LogP contribution in [-0.4, -0.2) is 13.7 Å². The van der Waals surface area contributed by atoms with E-state index in [-0.39, 0.29) is 0 Å². The smallest absolute Gasteiger partial charge is 0.126 e. The van der Waals surface area contributed by atoms with Crippen molar-refractivity contribution < 1.29 is 9.57 Å². The van der Waals surface area contributed by atoms with E-state index < -0.39 is 0 Å². The second-order valence-electron chi connectivity index (χ2n) is 4.22. The first kappa shape index (κ1) is 13.7. The van der Waals surface area contributed by atoms with Gasteiger partial charge in [0, 0.05) is 5.56 Å². The Morgan fingerprint density at radius 3 is 2.71 bits per heavy atom. The Morgan fingerprint density at radius 2 is 2.12 bits per heavy atom. The molecule has 0 aromatic heterocycles. The minimum absolute atomic E-state index is 0.514. The number of hydrogen-bond acceptors (Lipinski definition) is 3. The second kappa shape index (κ2) is 7.09. The highest BCUT2D eigenvalue weighted by Gasteiger charge is 2.04. The van der Waals surface area contributed by atoms with Gasteiger partial charge in [-0.1, -0.05) is 32.1 Å². The van der Waals surface area contributed by atoms with E-state index in [2.05, 4.69) is 30.8 Å². The van der Waals surface area contributed by atoms with Crippen LogP contribution in [0.2, 0.25) is 0 Å². The average Bonchev–Trinajstić information content (AvgIpc) is 2.34. The number of methoxy groups -OCH3 is 1. The van der Waals surface area contributed by atoms with Crippen LogP contribution in [0.3, 0.4) is 0 Å². The Bertz CT molecular complexity index is 372. The summed E-state index contributed by atoms with van der Waals surface area (Å²) in [6.45, 7) is 4.89. The van der Waals surface area contributed by atoms with Crippen molar-refractivity contribution >= 4 is 6.08 Å². The molecule has 0 amide bonds. The fourth-order valence-electron chi connectivity index (χ4n) is 1.59. The quantitative estimate of drug-likeness (QED) is 0.608. The maximum atomic E-state index is 5.33. The molecule has 94 valence electrons. The van der Waals surface area contributed by atoms with Gasteiger partial charge in [-0.05, 0) is 30.0 Å². The third-order valence-corrected chi connectivity index (χ3v) is 2.62. The molecule has 0 aliphatic carbocycles. The van der Waals surface area contributed by atoms with Gasteiger partial charge in [-0.25, -0.2) is 5.90 Å². The number of ether oxygens (including phenoxy) is 1. The predicted molar refractivity (Wildman–Crippen MR) is 70.9 cm³/mol. The van der Waals surface area contributed by atoms with E-state index in [1.165, 1.54) is 5.56 Å².